The first-order valence-electron chi connectivity index (χ1n) is 6.94. The number of ether oxygens (including phenoxy) is 2. The zero-order valence-electron chi connectivity index (χ0n) is 12.2. The number of hydrogen-bond acceptors (Lipinski definition) is 4. The summed E-state index contributed by atoms with van der Waals surface area (Å²) in [6, 6.07) is 9.43. The third-order valence-corrected chi connectivity index (χ3v) is 3.34. The van der Waals surface area contributed by atoms with E-state index in [1.165, 1.54) is 0 Å². The Hall–Kier alpha value is -2.82. The average molecular weight is 296 g/mol. The Morgan fingerprint density at radius 3 is 3.00 bits per heavy atom. The van der Waals surface area contributed by atoms with Crippen molar-refractivity contribution in [2.75, 3.05) is 13.8 Å². The second kappa shape index (κ2) is 6.30. The number of fused-ring (bicyclic) bond motifs is 1. The van der Waals surface area contributed by atoms with Gasteiger partial charge in [-0.25, -0.2) is 0 Å². The van der Waals surface area contributed by atoms with E-state index in [1.54, 1.807) is 36.5 Å². The third-order valence-electron chi connectivity index (χ3n) is 3.34. The fourth-order valence-electron chi connectivity index (χ4n) is 2.16. The minimum Gasteiger partial charge on any atom is -0.454 e. The van der Waals surface area contributed by atoms with Crippen LogP contribution in [0.3, 0.4) is 0 Å². The highest BCUT2D eigenvalue weighted by atomic mass is 16.7. The summed E-state index contributed by atoms with van der Waals surface area (Å²) in [4.78, 5) is 17.8. The number of benzene rings is 1. The van der Waals surface area contributed by atoms with Crippen LogP contribution in [-0.4, -0.2) is 29.6 Å². The van der Waals surface area contributed by atoms with Crippen LogP contribution in [0.15, 0.2) is 48.8 Å². The predicted molar refractivity (Wildman–Crippen MR) is 82.3 cm³/mol. The number of hydrogen-bond donors (Lipinski definition) is 0. The maximum Gasteiger partial charge on any atom is 0.246 e. The highest BCUT2D eigenvalue weighted by molar-refractivity contribution is 5.91. The number of aromatic nitrogens is 1. The van der Waals surface area contributed by atoms with E-state index in [0.29, 0.717) is 6.54 Å². The average Bonchev–Trinajstić information content (AvgIpc) is 3.01. The van der Waals surface area contributed by atoms with Crippen molar-refractivity contribution >= 4 is 12.0 Å². The number of rotatable bonds is 4. The molecule has 0 atom stereocenters. The maximum atomic E-state index is 12.1. The lowest BCUT2D eigenvalue weighted by Crippen LogP contribution is -2.24. The Labute approximate surface area is 128 Å². The molecule has 0 unspecified atom stereocenters. The molecule has 0 saturated heterocycles. The molecule has 1 aliphatic heterocycles. The van der Waals surface area contributed by atoms with E-state index in [1.807, 2.05) is 30.3 Å². The van der Waals surface area contributed by atoms with Crippen LogP contribution < -0.4 is 9.47 Å². The van der Waals surface area contributed by atoms with Crippen molar-refractivity contribution in [3.63, 3.8) is 0 Å². The Balaban J connectivity index is 1.63. The number of carbonyl (C=O) groups excluding carboxylic acids is 1. The Bertz CT molecular complexity index is 698. The van der Waals surface area contributed by atoms with Crippen LogP contribution in [0.5, 0.6) is 11.5 Å². The number of carbonyl (C=O) groups is 1. The molecule has 2 aromatic rings. The molecule has 0 aliphatic carbocycles. The lowest BCUT2D eigenvalue weighted by molar-refractivity contribution is -0.125. The maximum absolute atomic E-state index is 12.1. The molecule has 1 aliphatic rings. The molecule has 1 aromatic carbocycles. The van der Waals surface area contributed by atoms with Gasteiger partial charge in [0.2, 0.25) is 12.7 Å². The van der Waals surface area contributed by atoms with Gasteiger partial charge < -0.3 is 14.4 Å². The van der Waals surface area contributed by atoms with E-state index in [2.05, 4.69) is 4.98 Å². The molecular weight excluding hydrogens is 280 g/mol. The van der Waals surface area contributed by atoms with Crippen LogP contribution in [0.4, 0.5) is 0 Å². The molecular formula is C17H16N2O3. The molecule has 0 spiro atoms. The molecule has 112 valence electrons. The van der Waals surface area contributed by atoms with E-state index < -0.39 is 0 Å². The molecule has 0 radical (unpaired) electrons. The van der Waals surface area contributed by atoms with Gasteiger partial charge in [0.05, 0.1) is 0 Å². The van der Waals surface area contributed by atoms with Crippen molar-refractivity contribution in [2.45, 2.75) is 6.54 Å². The van der Waals surface area contributed by atoms with Crippen LogP contribution in [0.25, 0.3) is 6.08 Å². The molecule has 5 heteroatoms. The standard InChI is InChI=1S/C17H16N2O3/c1-19(17(20)7-5-13-3-2-8-18-10-13)11-14-4-6-15-16(9-14)22-12-21-15/h2-10H,11-12H2,1H3/b7-5+. The Kier molecular flexibility index (Phi) is 4.05. The number of amides is 1. The van der Waals surface area contributed by atoms with Gasteiger partial charge >= 0.3 is 0 Å². The van der Waals surface area contributed by atoms with Gasteiger partial charge in [0.25, 0.3) is 0 Å². The topological polar surface area (TPSA) is 51.7 Å². The number of pyridine rings is 1. The fourth-order valence-corrected chi connectivity index (χ4v) is 2.16. The molecule has 5 nitrogen and oxygen atoms in total. The molecule has 0 saturated carbocycles. The summed E-state index contributed by atoms with van der Waals surface area (Å²) in [6.45, 7) is 0.758. The Morgan fingerprint density at radius 1 is 1.32 bits per heavy atom. The minimum atomic E-state index is -0.0680. The second-order valence-corrected chi connectivity index (χ2v) is 5.00. The van der Waals surface area contributed by atoms with Crippen LogP contribution in [-0.2, 0) is 11.3 Å². The SMILES string of the molecule is CN(Cc1ccc2c(c1)OCO2)C(=O)/C=C/c1cccnc1. The van der Waals surface area contributed by atoms with Gasteiger partial charge in [-0.15, -0.1) is 0 Å². The van der Waals surface area contributed by atoms with Crippen LogP contribution in [0.1, 0.15) is 11.1 Å². The monoisotopic (exact) mass is 296 g/mol. The lowest BCUT2D eigenvalue weighted by atomic mass is 10.2. The molecule has 22 heavy (non-hydrogen) atoms. The molecule has 0 bridgehead atoms. The van der Waals surface area contributed by atoms with E-state index in [0.717, 1.165) is 22.6 Å². The fraction of sp³-hybridized carbons (Fsp3) is 0.176. The molecule has 3 rings (SSSR count). The zero-order chi connectivity index (χ0) is 15.4. The van der Waals surface area contributed by atoms with Crippen molar-refractivity contribution < 1.29 is 14.3 Å². The highest BCUT2D eigenvalue weighted by Gasteiger charge is 2.14. The van der Waals surface area contributed by atoms with Gasteiger partial charge in [0, 0.05) is 32.1 Å². The largest absolute Gasteiger partial charge is 0.454 e. The van der Waals surface area contributed by atoms with Crippen molar-refractivity contribution in [1.29, 1.82) is 0 Å². The molecule has 1 amide bonds. The molecule has 1 aromatic heterocycles. The first-order valence-corrected chi connectivity index (χ1v) is 6.94. The van der Waals surface area contributed by atoms with Gasteiger partial charge in [-0.05, 0) is 35.4 Å². The summed E-state index contributed by atoms with van der Waals surface area (Å²) in [6.07, 6.45) is 6.71. The number of likely N-dealkylation sites (N-methyl/N-ethyl adjacent to an activating group) is 1. The summed E-state index contributed by atoms with van der Waals surface area (Å²) in [5.41, 5.74) is 1.89. The third kappa shape index (κ3) is 3.25. The summed E-state index contributed by atoms with van der Waals surface area (Å²) < 4.78 is 10.6. The second-order valence-electron chi connectivity index (χ2n) is 5.00. The Morgan fingerprint density at radius 2 is 2.18 bits per heavy atom. The van der Waals surface area contributed by atoms with E-state index in [4.69, 9.17) is 9.47 Å². The minimum absolute atomic E-state index is 0.0680. The smallest absolute Gasteiger partial charge is 0.246 e. The summed E-state index contributed by atoms with van der Waals surface area (Å²) in [5.74, 6) is 1.40. The molecule has 0 N–H and O–H groups in total. The van der Waals surface area contributed by atoms with E-state index in [-0.39, 0.29) is 12.7 Å². The zero-order valence-corrected chi connectivity index (χ0v) is 12.2. The first-order chi connectivity index (χ1) is 10.7. The van der Waals surface area contributed by atoms with Gasteiger partial charge in [-0.3, -0.25) is 9.78 Å². The van der Waals surface area contributed by atoms with Gasteiger partial charge in [0.15, 0.2) is 11.5 Å². The van der Waals surface area contributed by atoms with Gasteiger partial charge in [-0.1, -0.05) is 12.1 Å². The predicted octanol–water partition coefficient (Wildman–Crippen LogP) is 2.48. The quantitative estimate of drug-likeness (QED) is 0.813. The molecule has 0 fully saturated rings. The summed E-state index contributed by atoms with van der Waals surface area (Å²) in [5, 5.41) is 0. The van der Waals surface area contributed by atoms with Gasteiger partial charge in [-0.2, -0.15) is 0 Å². The van der Waals surface area contributed by atoms with E-state index >= 15 is 0 Å². The first kappa shape index (κ1) is 14.1. The number of nitrogens with zero attached hydrogens (tertiary/aromatic N) is 2. The summed E-state index contributed by atoms with van der Waals surface area (Å²) in [7, 11) is 1.76. The van der Waals surface area contributed by atoms with Crippen LogP contribution in [0.2, 0.25) is 0 Å². The summed E-state index contributed by atoms with van der Waals surface area (Å²) >= 11 is 0. The molecule has 2 heterocycles. The van der Waals surface area contributed by atoms with Crippen molar-refractivity contribution in [3.8, 4) is 11.5 Å². The van der Waals surface area contributed by atoms with Crippen molar-refractivity contribution in [3.05, 3.63) is 59.9 Å². The van der Waals surface area contributed by atoms with Gasteiger partial charge in [0.1, 0.15) is 0 Å². The van der Waals surface area contributed by atoms with Crippen LogP contribution in [0, 0.1) is 0 Å². The van der Waals surface area contributed by atoms with Crippen molar-refractivity contribution in [2.24, 2.45) is 0 Å². The lowest BCUT2D eigenvalue weighted by Gasteiger charge is -2.15. The van der Waals surface area contributed by atoms with Crippen molar-refractivity contribution in [1.82, 2.24) is 9.88 Å². The normalized spacial score (nSPS) is 12.6. The van der Waals surface area contributed by atoms with E-state index in [9.17, 15) is 4.79 Å². The van der Waals surface area contributed by atoms with Crippen LogP contribution >= 0.6 is 0 Å². The highest BCUT2D eigenvalue weighted by Crippen LogP contribution is 2.32.